The van der Waals surface area contributed by atoms with E-state index in [1.807, 2.05) is 17.4 Å². The van der Waals surface area contributed by atoms with Crippen molar-refractivity contribution in [2.75, 3.05) is 4.90 Å². The average molecular weight is 759 g/mol. The van der Waals surface area contributed by atoms with Crippen LogP contribution in [0.4, 0.5) is 17.1 Å². The molecule has 0 saturated heterocycles. The Morgan fingerprint density at radius 3 is 1.84 bits per heavy atom. The summed E-state index contributed by atoms with van der Waals surface area (Å²) in [4.78, 5) is 2.38. The average Bonchev–Trinajstić information content (AvgIpc) is 3.97. The monoisotopic (exact) mass is 758 g/mol. The highest BCUT2D eigenvalue weighted by Gasteiger charge is 2.21. The van der Waals surface area contributed by atoms with Gasteiger partial charge in [-0.05, 0) is 89.5 Å². The number of anilines is 3. The van der Waals surface area contributed by atoms with Crippen LogP contribution in [0.25, 0.3) is 91.9 Å². The number of para-hydroxylation sites is 3. The Bertz CT molecular complexity index is 3460. The minimum Gasteiger partial charge on any atom is -0.456 e. The number of hydrogen-bond acceptors (Lipinski definition) is 3. The van der Waals surface area contributed by atoms with Gasteiger partial charge in [-0.1, -0.05) is 133 Å². The predicted molar refractivity (Wildman–Crippen MR) is 247 cm³/mol. The Labute approximate surface area is 338 Å². The first kappa shape index (κ1) is 32.8. The molecule has 4 heteroatoms. The van der Waals surface area contributed by atoms with Crippen molar-refractivity contribution in [2.45, 2.75) is 0 Å². The zero-order valence-corrected chi connectivity index (χ0v) is 32.2. The molecule has 58 heavy (non-hydrogen) atoms. The Kier molecular flexibility index (Phi) is 7.40. The summed E-state index contributed by atoms with van der Waals surface area (Å²) in [5.41, 5.74) is 13.3. The van der Waals surface area contributed by atoms with Crippen LogP contribution in [-0.2, 0) is 0 Å². The maximum atomic E-state index is 6.42. The van der Waals surface area contributed by atoms with E-state index in [1.165, 1.54) is 58.7 Å². The zero-order valence-electron chi connectivity index (χ0n) is 31.3. The van der Waals surface area contributed by atoms with E-state index in [4.69, 9.17) is 4.42 Å². The fraction of sp³-hybridized carbons (Fsp3) is 0. The fourth-order valence-corrected chi connectivity index (χ4v) is 10.2. The summed E-state index contributed by atoms with van der Waals surface area (Å²) >= 11 is 1.87. The molecule has 12 aromatic rings. The van der Waals surface area contributed by atoms with Crippen molar-refractivity contribution < 1.29 is 4.42 Å². The van der Waals surface area contributed by atoms with Gasteiger partial charge in [0.05, 0.1) is 22.1 Å². The Balaban J connectivity index is 1.07. The molecule has 0 aliphatic rings. The van der Waals surface area contributed by atoms with Crippen molar-refractivity contribution in [3.63, 3.8) is 0 Å². The molecule has 0 atom stereocenters. The molecular weight excluding hydrogens is 725 g/mol. The minimum absolute atomic E-state index is 0.869. The van der Waals surface area contributed by atoms with E-state index in [0.29, 0.717) is 0 Å². The fourth-order valence-electron chi connectivity index (χ4n) is 8.97. The summed E-state index contributed by atoms with van der Waals surface area (Å²) in [7, 11) is 0. The number of rotatable bonds is 6. The molecule has 3 aromatic heterocycles. The molecule has 272 valence electrons. The molecule has 0 spiro atoms. The second-order valence-electron chi connectivity index (χ2n) is 14.9. The molecule has 0 saturated carbocycles. The van der Waals surface area contributed by atoms with Crippen LogP contribution in [0.15, 0.2) is 211 Å². The van der Waals surface area contributed by atoms with Gasteiger partial charge in [0.1, 0.15) is 11.2 Å². The second kappa shape index (κ2) is 13.1. The van der Waals surface area contributed by atoms with Crippen molar-refractivity contribution >= 4 is 92.3 Å². The van der Waals surface area contributed by atoms with Crippen molar-refractivity contribution in [1.29, 1.82) is 0 Å². The van der Waals surface area contributed by atoms with Crippen LogP contribution in [0.5, 0.6) is 0 Å². The van der Waals surface area contributed by atoms with Gasteiger partial charge in [0.15, 0.2) is 0 Å². The molecule has 0 bridgehead atoms. The van der Waals surface area contributed by atoms with Crippen LogP contribution >= 0.6 is 11.3 Å². The van der Waals surface area contributed by atoms with Gasteiger partial charge in [0, 0.05) is 59.0 Å². The lowest BCUT2D eigenvalue weighted by Gasteiger charge is -2.27. The largest absolute Gasteiger partial charge is 0.456 e. The summed E-state index contributed by atoms with van der Waals surface area (Å²) < 4.78 is 11.4. The van der Waals surface area contributed by atoms with Crippen LogP contribution in [-0.4, -0.2) is 4.57 Å². The third kappa shape index (κ3) is 5.12. The Morgan fingerprint density at radius 2 is 1.05 bits per heavy atom. The van der Waals surface area contributed by atoms with Crippen molar-refractivity contribution in [1.82, 2.24) is 4.57 Å². The van der Waals surface area contributed by atoms with Gasteiger partial charge in [-0.25, -0.2) is 0 Å². The number of hydrogen-bond donors (Lipinski definition) is 0. The highest BCUT2D eigenvalue weighted by molar-refractivity contribution is 7.26. The molecule has 0 aliphatic heterocycles. The molecule has 0 radical (unpaired) electrons. The van der Waals surface area contributed by atoms with Crippen LogP contribution in [0, 0.1) is 0 Å². The van der Waals surface area contributed by atoms with Gasteiger partial charge in [-0.2, -0.15) is 0 Å². The molecule has 0 unspecified atom stereocenters. The molecule has 3 heterocycles. The number of furan rings is 1. The number of fused-ring (bicyclic) bond motifs is 9. The maximum absolute atomic E-state index is 6.42. The van der Waals surface area contributed by atoms with Crippen molar-refractivity contribution in [2.24, 2.45) is 0 Å². The highest BCUT2D eigenvalue weighted by atomic mass is 32.1. The van der Waals surface area contributed by atoms with Crippen LogP contribution < -0.4 is 4.90 Å². The van der Waals surface area contributed by atoms with Crippen molar-refractivity contribution in [3.8, 4) is 27.9 Å². The van der Waals surface area contributed by atoms with Gasteiger partial charge in [0.25, 0.3) is 0 Å². The van der Waals surface area contributed by atoms with Gasteiger partial charge < -0.3 is 13.9 Å². The topological polar surface area (TPSA) is 21.3 Å². The molecular formula is C54H34N2OS. The number of aromatic nitrogens is 1. The quantitative estimate of drug-likeness (QED) is 0.168. The lowest BCUT2D eigenvalue weighted by Crippen LogP contribution is -2.10. The summed E-state index contributed by atoms with van der Waals surface area (Å²) in [5.74, 6) is 0. The Hall–Kier alpha value is -7.40. The SMILES string of the molecule is c1ccc(-c2cccc(N(c3ccc(-c4cc(-n5c6ccccc6c6ccccc65)cc5c4sc4ccccc45)cc3)c3cccc4oc5ccccc5c34)c2)cc1. The normalized spacial score (nSPS) is 11.8. The Morgan fingerprint density at radius 1 is 0.414 bits per heavy atom. The lowest BCUT2D eigenvalue weighted by atomic mass is 10.00. The van der Waals surface area contributed by atoms with Crippen LogP contribution in [0.2, 0.25) is 0 Å². The smallest absolute Gasteiger partial charge is 0.137 e. The third-order valence-electron chi connectivity index (χ3n) is 11.6. The zero-order chi connectivity index (χ0) is 38.2. The predicted octanol–water partition coefficient (Wildman–Crippen LogP) is 15.9. The van der Waals surface area contributed by atoms with E-state index in [-0.39, 0.29) is 0 Å². The first-order valence-electron chi connectivity index (χ1n) is 19.7. The lowest BCUT2D eigenvalue weighted by molar-refractivity contribution is 0.669. The van der Waals surface area contributed by atoms with Gasteiger partial charge in [-0.3, -0.25) is 0 Å². The van der Waals surface area contributed by atoms with E-state index in [1.54, 1.807) is 0 Å². The first-order valence-corrected chi connectivity index (χ1v) is 20.5. The minimum atomic E-state index is 0.869. The molecule has 0 amide bonds. The van der Waals surface area contributed by atoms with Crippen LogP contribution in [0.1, 0.15) is 0 Å². The van der Waals surface area contributed by atoms with E-state index in [9.17, 15) is 0 Å². The maximum Gasteiger partial charge on any atom is 0.137 e. The summed E-state index contributed by atoms with van der Waals surface area (Å²) in [6.07, 6.45) is 0. The van der Waals surface area contributed by atoms with E-state index < -0.39 is 0 Å². The van der Waals surface area contributed by atoms with E-state index in [0.717, 1.165) is 50.3 Å². The molecule has 12 rings (SSSR count). The molecule has 3 nitrogen and oxygen atoms in total. The van der Waals surface area contributed by atoms with Gasteiger partial charge in [0.2, 0.25) is 0 Å². The van der Waals surface area contributed by atoms with E-state index >= 15 is 0 Å². The van der Waals surface area contributed by atoms with E-state index in [2.05, 4.69) is 210 Å². The molecule has 9 aromatic carbocycles. The highest BCUT2D eigenvalue weighted by Crippen LogP contribution is 2.46. The first-order chi connectivity index (χ1) is 28.8. The molecule has 0 fully saturated rings. The third-order valence-corrected chi connectivity index (χ3v) is 12.8. The van der Waals surface area contributed by atoms with Crippen molar-refractivity contribution in [3.05, 3.63) is 206 Å². The number of thiophene rings is 1. The number of benzene rings is 9. The summed E-state index contributed by atoms with van der Waals surface area (Å²) in [5, 5.41) is 7.28. The standard InChI is InChI=1S/C54H34N2OS/c1-2-14-35(15-3-1)37-16-12-17-39(32-37)55(49-24-13-26-51-53(49)44-21-6-10-25-50(44)57-51)38-30-28-36(29-31-38)45-33-40(34-46-43-20-7-11-27-52(43)58-54(45)46)56-47-22-8-4-18-41(47)42-19-5-9-23-48(42)56/h1-34H. The second-order valence-corrected chi connectivity index (χ2v) is 15.9. The van der Waals surface area contributed by atoms with Gasteiger partial charge >= 0.3 is 0 Å². The number of nitrogens with zero attached hydrogens (tertiary/aromatic N) is 2. The van der Waals surface area contributed by atoms with Gasteiger partial charge in [-0.15, -0.1) is 11.3 Å². The summed E-state index contributed by atoms with van der Waals surface area (Å²) in [6, 6.07) is 74.4. The summed E-state index contributed by atoms with van der Waals surface area (Å²) in [6.45, 7) is 0. The van der Waals surface area contributed by atoms with Crippen LogP contribution in [0.3, 0.4) is 0 Å². The molecule has 0 N–H and O–H groups in total. The molecule has 0 aliphatic carbocycles.